The van der Waals surface area contributed by atoms with Gasteiger partial charge in [0.1, 0.15) is 23.3 Å². The second-order valence-corrected chi connectivity index (χ2v) is 14.1. The minimum absolute atomic E-state index is 0.00675. The molecular formula is C34H41FN8O5. The summed E-state index contributed by atoms with van der Waals surface area (Å²) in [7, 11) is 1.92. The first-order valence-corrected chi connectivity index (χ1v) is 16.6. The van der Waals surface area contributed by atoms with Crippen LogP contribution in [0.3, 0.4) is 0 Å². The van der Waals surface area contributed by atoms with E-state index in [2.05, 4.69) is 26.3 Å². The van der Waals surface area contributed by atoms with Gasteiger partial charge in [0.15, 0.2) is 11.5 Å². The lowest BCUT2D eigenvalue weighted by Crippen LogP contribution is -2.50. The van der Waals surface area contributed by atoms with Crippen LogP contribution >= 0.6 is 0 Å². The molecule has 6 heterocycles. The van der Waals surface area contributed by atoms with Crippen LogP contribution in [-0.2, 0) is 29.5 Å². The second kappa shape index (κ2) is 12.4. The average Bonchev–Trinajstić information content (AvgIpc) is 3.51. The number of nitrogens with zero attached hydrogens (tertiary/aromatic N) is 6. The van der Waals surface area contributed by atoms with Crippen LogP contribution in [-0.4, -0.2) is 91.5 Å². The number of alkyl halides is 1. The molecular weight excluding hydrogens is 619 g/mol. The molecule has 0 bridgehead atoms. The topological polar surface area (TPSA) is 145 Å². The van der Waals surface area contributed by atoms with Crippen molar-refractivity contribution in [2.24, 2.45) is 18.9 Å². The summed E-state index contributed by atoms with van der Waals surface area (Å²) < 4.78 is 29.6. The zero-order valence-electron chi connectivity index (χ0n) is 27.7. The fourth-order valence-corrected chi connectivity index (χ4v) is 6.51. The van der Waals surface area contributed by atoms with Gasteiger partial charge < -0.3 is 34.1 Å². The Balaban J connectivity index is 1.18. The maximum atomic E-state index is 13.9. The van der Waals surface area contributed by atoms with Crippen molar-refractivity contribution in [3.8, 4) is 17.4 Å². The molecule has 7 rings (SSSR count). The van der Waals surface area contributed by atoms with E-state index in [0.717, 1.165) is 36.0 Å². The van der Waals surface area contributed by atoms with Gasteiger partial charge in [-0.15, -0.1) is 0 Å². The Morgan fingerprint density at radius 1 is 1.19 bits per heavy atom. The lowest BCUT2D eigenvalue weighted by atomic mass is 10.0. The van der Waals surface area contributed by atoms with Gasteiger partial charge >= 0.3 is 6.09 Å². The molecule has 0 unspecified atom stereocenters. The highest BCUT2D eigenvalue weighted by molar-refractivity contribution is 5.99. The minimum Gasteiger partial charge on any atom is -0.476 e. The van der Waals surface area contributed by atoms with Crippen LogP contribution in [0.1, 0.15) is 56.1 Å². The zero-order chi connectivity index (χ0) is 33.7. The third-order valence-electron chi connectivity index (χ3n) is 9.07. The zero-order valence-corrected chi connectivity index (χ0v) is 27.7. The van der Waals surface area contributed by atoms with Crippen LogP contribution in [0.15, 0.2) is 24.4 Å². The predicted octanol–water partition coefficient (Wildman–Crippen LogP) is 3.77. The van der Waals surface area contributed by atoms with Gasteiger partial charge in [-0.3, -0.25) is 9.59 Å². The Morgan fingerprint density at radius 2 is 2.00 bits per heavy atom. The number of imidazole rings is 1. The van der Waals surface area contributed by atoms with Gasteiger partial charge in [0, 0.05) is 63.6 Å². The quantitative estimate of drug-likeness (QED) is 0.262. The van der Waals surface area contributed by atoms with Crippen molar-refractivity contribution in [1.29, 1.82) is 0 Å². The van der Waals surface area contributed by atoms with E-state index < -0.39 is 24.4 Å². The molecule has 2 fully saturated rings. The molecule has 254 valence electrons. The number of carbonyl (C=O) groups excluding carboxylic acids is 3. The average molecular weight is 661 g/mol. The van der Waals surface area contributed by atoms with Gasteiger partial charge in [0.2, 0.25) is 11.8 Å². The largest absolute Gasteiger partial charge is 0.476 e. The number of ether oxygens (including phenoxy) is 2. The third-order valence-corrected chi connectivity index (χ3v) is 9.07. The predicted molar refractivity (Wildman–Crippen MR) is 175 cm³/mol. The number of fused-ring (bicyclic) bond motifs is 3. The van der Waals surface area contributed by atoms with E-state index in [1.54, 1.807) is 37.9 Å². The van der Waals surface area contributed by atoms with Crippen LogP contribution < -0.4 is 15.4 Å². The maximum Gasteiger partial charge on any atom is 0.408 e. The summed E-state index contributed by atoms with van der Waals surface area (Å²) in [5, 5.41) is 6.38. The van der Waals surface area contributed by atoms with Crippen LogP contribution in [0.2, 0.25) is 0 Å². The molecule has 2 aliphatic heterocycles. The van der Waals surface area contributed by atoms with Gasteiger partial charge in [-0.25, -0.2) is 24.1 Å². The van der Waals surface area contributed by atoms with E-state index in [0.29, 0.717) is 72.6 Å². The lowest BCUT2D eigenvalue weighted by Gasteiger charge is -2.31. The first kappa shape index (κ1) is 31.8. The van der Waals surface area contributed by atoms with E-state index in [-0.39, 0.29) is 24.3 Å². The minimum atomic E-state index is -0.905. The normalized spacial score (nSPS) is 18.7. The highest BCUT2D eigenvalue weighted by Crippen LogP contribution is 2.39. The van der Waals surface area contributed by atoms with Gasteiger partial charge in [0.05, 0.1) is 29.6 Å². The SMILES string of the molecule is Cn1c(-c2cc3ccnc(OC[C@@H]4CNC(=O)C4)c3n2CC2CC2)nc2cc3c(nc21)CCN(C[C@@H](CF)NC(=O)OC(C)(C)C)C3=O. The lowest BCUT2D eigenvalue weighted by molar-refractivity contribution is -0.119. The number of aryl methyl sites for hydroxylation is 1. The Kier molecular flexibility index (Phi) is 8.20. The Labute approximate surface area is 277 Å². The number of alkyl carbamates (subject to hydrolysis) is 1. The van der Waals surface area contributed by atoms with Crippen molar-refractivity contribution in [2.75, 3.05) is 32.9 Å². The molecule has 48 heavy (non-hydrogen) atoms. The number of rotatable bonds is 10. The summed E-state index contributed by atoms with van der Waals surface area (Å²) in [5.74, 6) is 1.64. The number of carbonyl (C=O) groups is 3. The number of pyridine rings is 2. The standard InChI is InChI=1S/C34H41FN8O5/c1-34(2,3)48-33(46)38-22(14-35)17-42-10-8-24-23(32(42)45)13-25-29(39-24)41(4)30(40-25)26-12-21-7-9-36-31(28(21)43(26)16-19-5-6-19)47-18-20-11-27(44)37-15-20/h7,9,12-13,19-20,22H,5-6,8,10-11,14-18H2,1-4H3,(H,37,44)(H,38,46)/t20-,22+/m0/s1. The molecule has 1 saturated heterocycles. The molecule has 2 atom stereocenters. The second-order valence-electron chi connectivity index (χ2n) is 14.1. The molecule has 3 amide bonds. The summed E-state index contributed by atoms with van der Waals surface area (Å²) in [6, 6.07) is 4.92. The molecule has 13 nitrogen and oxygen atoms in total. The van der Waals surface area contributed by atoms with E-state index in [1.807, 2.05) is 17.7 Å². The summed E-state index contributed by atoms with van der Waals surface area (Å²) in [6.07, 6.45) is 4.24. The van der Waals surface area contributed by atoms with Crippen LogP contribution in [0.25, 0.3) is 33.6 Å². The maximum absolute atomic E-state index is 13.9. The monoisotopic (exact) mass is 660 g/mol. The summed E-state index contributed by atoms with van der Waals surface area (Å²) in [6.45, 7) is 6.49. The van der Waals surface area contributed by atoms with Crippen LogP contribution in [0.4, 0.5) is 9.18 Å². The molecule has 2 N–H and O–H groups in total. The Hall–Kier alpha value is -4.75. The van der Waals surface area contributed by atoms with Crippen molar-refractivity contribution in [3.05, 3.63) is 35.7 Å². The molecule has 0 aromatic carbocycles. The smallest absolute Gasteiger partial charge is 0.408 e. The molecule has 1 aliphatic carbocycles. The Bertz CT molecular complexity index is 1910. The van der Waals surface area contributed by atoms with Crippen LogP contribution in [0.5, 0.6) is 5.88 Å². The highest BCUT2D eigenvalue weighted by Gasteiger charge is 2.32. The van der Waals surface area contributed by atoms with E-state index in [4.69, 9.17) is 19.4 Å². The van der Waals surface area contributed by atoms with Gasteiger partial charge in [-0.05, 0) is 57.7 Å². The molecule has 3 aliphatic rings. The number of hydrogen-bond donors (Lipinski definition) is 2. The van der Waals surface area contributed by atoms with E-state index in [9.17, 15) is 18.8 Å². The summed E-state index contributed by atoms with van der Waals surface area (Å²) >= 11 is 0. The van der Waals surface area contributed by atoms with Crippen LogP contribution in [0, 0.1) is 11.8 Å². The van der Waals surface area contributed by atoms with Crippen molar-refractivity contribution >= 4 is 40.0 Å². The van der Waals surface area contributed by atoms with Crippen molar-refractivity contribution in [3.63, 3.8) is 0 Å². The van der Waals surface area contributed by atoms with E-state index in [1.165, 1.54) is 0 Å². The highest BCUT2D eigenvalue weighted by atomic mass is 19.1. The van der Waals surface area contributed by atoms with E-state index >= 15 is 0 Å². The number of amides is 3. The van der Waals surface area contributed by atoms with Crippen molar-refractivity contribution in [1.82, 2.24) is 39.6 Å². The molecule has 14 heteroatoms. The fourth-order valence-electron chi connectivity index (χ4n) is 6.51. The van der Waals surface area contributed by atoms with Crippen molar-refractivity contribution < 1.29 is 28.2 Å². The number of nitrogens with one attached hydrogen (secondary N) is 2. The molecule has 0 spiro atoms. The summed E-state index contributed by atoms with van der Waals surface area (Å²) in [4.78, 5) is 53.6. The number of hydrogen-bond acceptors (Lipinski definition) is 8. The summed E-state index contributed by atoms with van der Waals surface area (Å²) in [5.41, 5.74) is 3.39. The van der Waals surface area contributed by atoms with Gasteiger partial charge in [-0.2, -0.15) is 0 Å². The van der Waals surface area contributed by atoms with Gasteiger partial charge in [0.25, 0.3) is 5.91 Å². The molecule has 4 aromatic rings. The third kappa shape index (κ3) is 6.39. The number of halogens is 1. The number of aromatic nitrogens is 5. The molecule has 1 saturated carbocycles. The van der Waals surface area contributed by atoms with Crippen molar-refractivity contribution in [2.45, 2.75) is 64.6 Å². The van der Waals surface area contributed by atoms with Gasteiger partial charge in [-0.1, -0.05) is 0 Å². The molecule has 0 radical (unpaired) electrons. The first-order chi connectivity index (χ1) is 23.0. The fraction of sp³-hybridized carbons (Fsp3) is 0.529. The Morgan fingerprint density at radius 3 is 2.71 bits per heavy atom. The molecule has 4 aromatic heterocycles. The first-order valence-electron chi connectivity index (χ1n) is 16.6.